The summed E-state index contributed by atoms with van der Waals surface area (Å²) >= 11 is 5.97. The average Bonchev–Trinajstić information content (AvgIpc) is 2.59. The summed E-state index contributed by atoms with van der Waals surface area (Å²) in [5.74, 6) is 0.508. The summed E-state index contributed by atoms with van der Waals surface area (Å²) in [5, 5.41) is 0. The predicted octanol–water partition coefficient (Wildman–Crippen LogP) is 4.75. The molecule has 0 aromatic heterocycles. The Labute approximate surface area is 153 Å². The van der Waals surface area contributed by atoms with Gasteiger partial charge in [0.25, 0.3) is 10.1 Å². The van der Waals surface area contributed by atoms with Gasteiger partial charge in [-0.3, -0.25) is 4.18 Å². The summed E-state index contributed by atoms with van der Waals surface area (Å²) in [6.07, 6.45) is 0. The topological polar surface area (TPSA) is 43.4 Å². The molecule has 0 amide bonds. The number of hydrogen-bond acceptors (Lipinski definition) is 5. The molecule has 0 saturated heterocycles. The number of thioether (sulfide) groups is 1. The van der Waals surface area contributed by atoms with Crippen molar-refractivity contribution < 1.29 is 12.6 Å². The first-order chi connectivity index (χ1) is 11.4. The van der Waals surface area contributed by atoms with Crippen LogP contribution in [0.3, 0.4) is 0 Å². The van der Waals surface area contributed by atoms with E-state index in [1.807, 2.05) is 44.2 Å². The van der Waals surface area contributed by atoms with Crippen molar-refractivity contribution in [1.29, 1.82) is 0 Å². The fourth-order valence-corrected chi connectivity index (χ4v) is 4.09. The molecule has 0 spiro atoms. The lowest BCUT2D eigenvalue weighted by atomic mass is 10.1. The molecule has 2 aromatic carbocycles. The third kappa shape index (κ3) is 5.41. The number of allylic oxidation sites excluding steroid dienone is 1. The first-order valence-electron chi connectivity index (χ1n) is 7.44. The van der Waals surface area contributed by atoms with Crippen LogP contribution >= 0.6 is 24.4 Å². The van der Waals surface area contributed by atoms with E-state index in [9.17, 15) is 8.42 Å². The molecule has 0 bridgehead atoms. The highest BCUT2D eigenvalue weighted by atomic mass is 32.2. The van der Waals surface area contributed by atoms with Gasteiger partial charge < -0.3 is 0 Å². The molecule has 0 aliphatic carbocycles. The third-order valence-electron chi connectivity index (χ3n) is 3.40. The minimum absolute atomic E-state index is 0.104. The first-order valence-corrected chi connectivity index (χ1v) is 10.3. The van der Waals surface area contributed by atoms with Gasteiger partial charge >= 0.3 is 0 Å². The molecule has 0 unspecified atom stereocenters. The molecule has 6 heteroatoms. The second-order valence-corrected chi connectivity index (χ2v) is 8.70. The molecule has 0 heterocycles. The molecular weight excluding hydrogens is 360 g/mol. The smallest absolute Gasteiger partial charge is 0.265 e. The van der Waals surface area contributed by atoms with E-state index in [2.05, 4.69) is 12.6 Å². The molecule has 2 rings (SSSR count). The van der Waals surface area contributed by atoms with Crippen molar-refractivity contribution in [2.75, 3.05) is 12.4 Å². The van der Waals surface area contributed by atoms with E-state index in [0.717, 1.165) is 20.9 Å². The fraction of sp³-hybridized carbons (Fsp3) is 0.222. The number of benzene rings is 2. The van der Waals surface area contributed by atoms with Gasteiger partial charge in [0.1, 0.15) is 0 Å². The Hall–Kier alpha value is -1.21. The van der Waals surface area contributed by atoms with E-state index in [1.165, 1.54) is 11.8 Å². The van der Waals surface area contributed by atoms with Gasteiger partial charge in [0.15, 0.2) is 0 Å². The Morgan fingerprint density at radius 3 is 2.33 bits per heavy atom. The van der Waals surface area contributed by atoms with Gasteiger partial charge in [-0.15, -0.1) is 24.4 Å². The number of rotatable bonds is 7. The summed E-state index contributed by atoms with van der Waals surface area (Å²) in [6.45, 7) is 4.01. The lowest BCUT2D eigenvalue weighted by Crippen LogP contribution is -2.09. The van der Waals surface area contributed by atoms with Crippen LogP contribution in [0.4, 0.5) is 0 Å². The van der Waals surface area contributed by atoms with E-state index >= 15 is 0 Å². The highest BCUT2D eigenvalue weighted by molar-refractivity contribution is 8.15. The minimum atomic E-state index is -3.70. The van der Waals surface area contributed by atoms with E-state index < -0.39 is 10.1 Å². The summed E-state index contributed by atoms with van der Waals surface area (Å²) in [7, 11) is -3.70. The Morgan fingerprint density at radius 1 is 1.08 bits per heavy atom. The van der Waals surface area contributed by atoms with Gasteiger partial charge in [-0.2, -0.15) is 8.42 Å². The first kappa shape index (κ1) is 19.1. The van der Waals surface area contributed by atoms with E-state index in [-0.39, 0.29) is 11.5 Å². The largest absolute Gasteiger partial charge is 0.296 e. The summed E-state index contributed by atoms with van der Waals surface area (Å²) in [4.78, 5) is 0.181. The predicted molar refractivity (Wildman–Crippen MR) is 105 cm³/mol. The van der Waals surface area contributed by atoms with Crippen molar-refractivity contribution >= 4 is 40.1 Å². The van der Waals surface area contributed by atoms with Crippen LogP contribution in [0.2, 0.25) is 0 Å². The zero-order chi connectivity index (χ0) is 17.6. The van der Waals surface area contributed by atoms with Crippen LogP contribution in [0.25, 0.3) is 5.57 Å². The minimum Gasteiger partial charge on any atom is -0.265 e. The highest BCUT2D eigenvalue weighted by Crippen LogP contribution is 2.29. The number of hydrogen-bond donors (Lipinski definition) is 1. The lowest BCUT2D eigenvalue weighted by Gasteiger charge is -2.08. The molecule has 0 aliphatic heterocycles. The van der Waals surface area contributed by atoms with Crippen LogP contribution in [0.5, 0.6) is 0 Å². The maximum atomic E-state index is 12.1. The van der Waals surface area contributed by atoms with E-state index in [1.54, 1.807) is 24.3 Å². The van der Waals surface area contributed by atoms with Gasteiger partial charge in [-0.1, -0.05) is 48.0 Å². The Kier molecular flexibility index (Phi) is 6.98. The lowest BCUT2D eigenvalue weighted by molar-refractivity contribution is 0.341. The average molecular weight is 381 g/mol. The Bertz CT molecular complexity index is 795. The zero-order valence-corrected chi connectivity index (χ0v) is 16.1. The quantitative estimate of drug-likeness (QED) is 0.428. The van der Waals surface area contributed by atoms with Crippen molar-refractivity contribution in [3.63, 3.8) is 0 Å². The number of thiol groups is 1. The maximum absolute atomic E-state index is 12.1. The molecule has 0 aliphatic rings. The van der Waals surface area contributed by atoms with Crippen molar-refractivity contribution in [1.82, 2.24) is 0 Å². The van der Waals surface area contributed by atoms with Crippen LogP contribution in [0.1, 0.15) is 18.1 Å². The van der Waals surface area contributed by atoms with Crippen LogP contribution in [0.15, 0.2) is 63.7 Å². The molecule has 24 heavy (non-hydrogen) atoms. The Morgan fingerprint density at radius 2 is 1.71 bits per heavy atom. The van der Waals surface area contributed by atoms with Gasteiger partial charge in [0.05, 0.1) is 11.5 Å². The highest BCUT2D eigenvalue weighted by Gasteiger charge is 2.14. The summed E-state index contributed by atoms with van der Waals surface area (Å²) in [6, 6.07) is 16.6. The van der Waals surface area contributed by atoms with Crippen molar-refractivity contribution in [2.45, 2.75) is 18.7 Å². The zero-order valence-electron chi connectivity index (χ0n) is 13.6. The van der Waals surface area contributed by atoms with Crippen LogP contribution in [-0.4, -0.2) is 20.8 Å². The van der Waals surface area contributed by atoms with E-state index in [0.29, 0.717) is 5.75 Å². The molecule has 0 radical (unpaired) electrons. The molecule has 2 aromatic rings. The van der Waals surface area contributed by atoms with Gasteiger partial charge in [0.2, 0.25) is 0 Å². The SMILES string of the molecule is C/C(=C(\S)SCCOS(=O)(=O)c1ccc(C)cc1)c1ccccc1. The fourth-order valence-electron chi connectivity index (χ4n) is 1.97. The monoisotopic (exact) mass is 380 g/mol. The molecule has 3 nitrogen and oxygen atoms in total. The molecule has 0 fully saturated rings. The summed E-state index contributed by atoms with van der Waals surface area (Å²) < 4.78 is 30.1. The normalized spacial score (nSPS) is 12.8. The second-order valence-electron chi connectivity index (χ2n) is 5.23. The second kappa shape index (κ2) is 8.76. The van der Waals surface area contributed by atoms with Gasteiger partial charge in [-0.25, -0.2) is 0 Å². The van der Waals surface area contributed by atoms with Crippen LogP contribution < -0.4 is 0 Å². The van der Waals surface area contributed by atoms with Crippen molar-refractivity contribution in [3.05, 3.63) is 70.0 Å². The molecule has 0 atom stereocenters. The van der Waals surface area contributed by atoms with Gasteiger partial charge in [0, 0.05) is 9.99 Å². The summed E-state index contributed by atoms with van der Waals surface area (Å²) in [5.41, 5.74) is 3.17. The number of aryl methyl sites for hydroxylation is 1. The van der Waals surface area contributed by atoms with Gasteiger partial charge in [-0.05, 0) is 37.1 Å². The third-order valence-corrected chi connectivity index (χ3v) is 6.40. The molecular formula is C18H20O3S3. The van der Waals surface area contributed by atoms with Crippen LogP contribution in [-0.2, 0) is 14.3 Å². The molecule has 0 saturated carbocycles. The molecule has 128 valence electrons. The van der Waals surface area contributed by atoms with E-state index in [4.69, 9.17) is 4.18 Å². The Balaban J connectivity index is 1.89. The molecule has 0 N–H and O–H groups in total. The van der Waals surface area contributed by atoms with Crippen LogP contribution in [0, 0.1) is 6.92 Å². The van der Waals surface area contributed by atoms with Crippen molar-refractivity contribution in [2.24, 2.45) is 0 Å². The van der Waals surface area contributed by atoms with Crippen molar-refractivity contribution in [3.8, 4) is 0 Å². The maximum Gasteiger partial charge on any atom is 0.296 e. The standard InChI is InChI=1S/C18H20O3S3/c1-14-8-10-17(11-9-14)24(19,20)21-12-13-23-18(22)15(2)16-6-4-3-5-7-16/h3-11,22H,12-13H2,1-2H3/b18-15-.